The third-order valence-corrected chi connectivity index (χ3v) is 4.71. The lowest BCUT2D eigenvalue weighted by Gasteiger charge is -2.13. The first-order valence-corrected chi connectivity index (χ1v) is 9.63. The molecule has 0 N–H and O–H groups in total. The number of carbonyl (C=O) groups is 1. The highest BCUT2D eigenvalue weighted by atomic mass is 16.5. The zero-order valence-electron chi connectivity index (χ0n) is 16.0. The Labute approximate surface area is 166 Å². The van der Waals surface area contributed by atoms with Gasteiger partial charge < -0.3 is 4.74 Å². The van der Waals surface area contributed by atoms with Crippen molar-refractivity contribution in [3.63, 3.8) is 0 Å². The molecule has 0 heterocycles. The van der Waals surface area contributed by atoms with E-state index in [0.29, 0.717) is 11.1 Å². The second-order valence-corrected chi connectivity index (χ2v) is 6.66. The van der Waals surface area contributed by atoms with Gasteiger partial charge in [0.15, 0.2) is 0 Å². The Morgan fingerprint density at radius 2 is 1.61 bits per heavy atom. The summed E-state index contributed by atoms with van der Waals surface area (Å²) in [4.78, 5) is 12.4. The van der Waals surface area contributed by atoms with Gasteiger partial charge in [0.25, 0.3) is 0 Å². The van der Waals surface area contributed by atoms with Crippen LogP contribution in [-0.2, 0) is 6.42 Å². The standard InChI is InChI=1S/C25H23NO2/c1-2-3-5-11-19-12-8-9-15-21(19)22-16-10-17-24(23(22)18-26)28-25(27)20-13-6-4-7-14-20/h4,6-10,12-17H,2-3,5,11H2,1H3. The number of nitrogens with zero attached hydrogens (tertiary/aromatic N) is 1. The molecule has 0 amide bonds. The molecule has 0 aliphatic heterocycles. The van der Waals surface area contributed by atoms with Crippen LogP contribution in [0.25, 0.3) is 11.1 Å². The van der Waals surface area contributed by atoms with E-state index < -0.39 is 5.97 Å². The average molecular weight is 369 g/mol. The quantitative estimate of drug-likeness (QED) is 0.284. The minimum atomic E-state index is -0.467. The van der Waals surface area contributed by atoms with Crippen molar-refractivity contribution >= 4 is 5.97 Å². The monoisotopic (exact) mass is 369 g/mol. The molecular weight excluding hydrogens is 346 g/mol. The van der Waals surface area contributed by atoms with Crippen molar-refractivity contribution < 1.29 is 9.53 Å². The molecule has 3 heteroatoms. The minimum absolute atomic E-state index is 0.289. The summed E-state index contributed by atoms with van der Waals surface area (Å²) in [6, 6.07) is 24.6. The van der Waals surface area contributed by atoms with Crippen LogP contribution in [0.15, 0.2) is 72.8 Å². The van der Waals surface area contributed by atoms with E-state index in [9.17, 15) is 10.1 Å². The maximum absolute atomic E-state index is 12.4. The molecule has 0 aliphatic carbocycles. The van der Waals surface area contributed by atoms with E-state index in [1.165, 1.54) is 12.0 Å². The second kappa shape index (κ2) is 9.53. The lowest BCUT2D eigenvalue weighted by molar-refractivity contribution is 0.0734. The molecule has 0 aromatic heterocycles. The maximum atomic E-state index is 12.4. The third-order valence-electron chi connectivity index (χ3n) is 4.71. The molecule has 3 nitrogen and oxygen atoms in total. The van der Waals surface area contributed by atoms with Gasteiger partial charge in [0, 0.05) is 5.56 Å². The van der Waals surface area contributed by atoms with Crippen LogP contribution in [-0.4, -0.2) is 5.97 Å². The highest BCUT2D eigenvalue weighted by Crippen LogP contribution is 2.33. The number of benzene rings is 3. The Morgan fingerprint density at radius 1 is 0.893 bits per heavy atom. The largest absolute Gasteiger partial charge is 0.421 e. The van der Waals surface area contributed by atoms with Crippen LogP contribution >= 0.6 is 0 Å². The van der Waals surface area contributed by atoms with Crippen molar-refractivity contribution in [2.45, 2.75) is 32.6 Å². The molecule has 140 valence electrons. The van der Waals surface area contributed by atoms with Gasteiger partial charge in [-0.05, 0) is 42.2 Å². The molecule has 0 aliphatic rings. The maximum Gasteiger partial charge on any atom is 0.343 e. The number of hydrogen-bond acceptors (Lipinski definition) is 3. The number of carbonyl (C=O) groups excluding carboxylic acids is 1. The van der Waals surface area contributed by atoms with Gasteiger partial charge in [0.1, 0.15) is 17.4 Å². The van der Waals surface area contributed by atoms with Gasteiger partial charge >= 0.3 is 5.97 Å². The summed E-state index contributed by atoms with van der Waals surface area (Å²) in [7, 11) is 0. The van der Waals surface area contributed by atoms with E-state index in [4.69, 9.17) is 4.74 Å². The Kier molecular flexibility index (Phi) is 6.59. The number of rotatable bonds is 7. The summed E-state index contributed by atoms with van der Waals surface area (Å²) in [5.41, 5.74) is 3.87. The fraction of sp³-hybridized carbons (Fsp3) is 0.200. The number of aryl methyl sites for hydroxylation is 1. The normalized spacial score (nSPS) is 10.3. The molecule has 0 fully saturated rings. The molecule has 0 saturated heterocycles. The number of nitriles is 1. The van der Waals surface area contributed by atoms with Crippen molar-refractivity contribution in [3.05, 3.63) is 89.5 Å². The van der Waals surface area contributed by atoms with E-state index in [1.807, 2.05) is 36.4 Å². The van der Waals surface area contributed by atoms with Gasteiger partial charge in [0.05, 0.1) is 5.56 Å². The zero-order chi connectivity index (χ0) is 19.8. The van der Waals surface area contributed by atoms with Crippen LogP contribution in [0, 0.1) is 11.3 Å². The summed E-state index contributed by atoms with van der Waals surface area (Å²) < 4.78 is 5.56. The highest BCUT2D eigenvalue weighted by Gasteiger charge is 2.16. The lowest BCUT2D eigenvalue weighted by atomic mass is 9.93. The molecular formula is C25H23NO2. The number of hydrogen-bond donors (Lipinski definition) is 0. The van der Waals surface area contributed by atoms with Crippen LogP contribution in [0.1, 0.15) is 47.7 Å². The van der Waals surface area contributed by atoms with E-state index in [0.717, 1.165) is 30.4 Å². The minimum Gasteiger partial charge on any atom is -0.421 e. The predicted octanol–water partition coefficient (Wildman–Crippen LogP) is 6.18. The van der Waals surface area contributed by atoms with Crippen LogP contribution in [0.4, 0.5) is 0 Å². The molecule has 3 aromatic carbocycles. The van der Waals surface area contributed by atoms with Crippen LogP contribution in [0.3, 0.4) is 0 Å². The molecule has 0 atom stereocenters. The smallest absolute Gasteiger partial charge is 0.343 e. The van der Waals surface area contributed by atoms with Crippen molar-refractivity contribution in [1.29, 1.82) is 5.26 Å². The average Bonchev–Trinajstić information content (AvgIpc) is 2.75. The van der Waals surface area contributed by atoms with E-state index in [1.54, 1.807) is 30.3 Å². The van der Waals surface area contributed by atoms with Crippen LogP contribution < -0.4 is 4.74 Å². The summed E-state index contributed by atoms with van der Waals surface area (Å²) in [5.74, 6) is -0.178. The van der Waals surface area contributed by atoms with Gasteiger partial charge in [-0.15, -0.1) is 0 Å². The number of unbranched alkanes of at least 4 members (excludes halogenated alkanes) is 2. The summed E-state index contributed by atoms with van der Waals surface area (Å²) in [5, 5.41) is 9.81. The number of ether oxygens (including phenoxy) is 1. The van der Waals surface area contributed by atoms with Gasteiger partial charge in [0.2, 0.25) is 0 Å². The summed E-state index contributed by atoms with van der Waals surface area (Å²) in [6.45, 7) is 2.18. The summed E-state index contributed by atoms with van der Waals surface area (Å²) in [6.07, 6.45) is 4.41. The van der Waals surface area contributed by atoms with Gasteiger partial charge in [-0.2, -0.15) is 5.26 Å². The van der Waals surface area contributed by atoms with E-state index >= 15 is 0 Å². The second-order valence-electron chi connectivity index (χ2n) is 6.66. The third kappa shape index (κ3) is 4.47. The van der Waals surface area contributed by atoms with Crippen LogP contribution in [0.2, 0.25) is 0 Å². The van der Waals surface area contributed by atoms with Crippen molar-refractivity contribution in [1.82, 2.24) is 0 Å². The molecule has 0 saturated carbocycles. The first-order valence-electron chi connectivity index (χ1n) is 9.63. The van der Waals surface area contributed by atoms with Crippen molar-refractivity contribution in [2.24, 2.45) is 0 Å². The molecule has 0 radical (unpaired) electrons. The molecule has 3 aromatic rings. The molecule has 0 spiro atoms. The Hall–Kier alpha value is -3.38. The summed E-state index contributed by atoms with van der Waals surface area (Å²) >= 11 is 0. The SMILES string of the molecule is CCCCCc1ccccc1-c1cccc(OC(=O)c2ccccc2)c1C#N. The molecule has 28 heavy (non-hydrogen) atoms. The highest BCUT2D eigenvalue weighted by molar-refractivity contribution is 5.91. The zero-order valence-corrected chi connectivity index (χ0v) is 16.0. The Bertz CT molecular complexity index is 987. The molecule has 0 bridgehead atoms. The van der Waals surface area contributed by atoms with Gasteiger partial charge in [-0.3, -0.25) is 0 Å². The first kappa shape index (κ1) is 19.4. The fourth-order valence-electron chi connectivity index (χ4n) is 3.26. The fourth-order valence-corrected chi connectivity index (χ4v) is 3.26. The van der Waals surface area contributed by atoms with Gasteiger partial charge in [-0.1, -0.05) is 74.4 Å². The predicted molar refractivity (Wildman–Crippen MR) is 111 cm³/mol. The van der Waals surface area contributed by atoms with Crippen LogP contribution in [0.5, 0.6) is 5.75 Å². The first-order chi connectivity index (χ1) is 13.7. The van der Waals surface area contributed by atoms with Crippen molar-refractivity contribution in [2.75, 3.05) is 0 Å². The Balaban J connectivity index is 1.95. The van der Waals surface area contributed by atoms with Crippen molar-refractivity contribution in [3.8, 4) is 22.9 Å². The van der Waals surface area contributed by atoms with Gasteiger partial charge in [-0.25, -0.2) is 4.79 Å². The molecule has 0 unspecified atom stereocenters. The number of esters is 1. The molecule has 3 rings (SSSR count). The lowest BCUT2D eigenvalue weighted by Crippen LogP contribution is -2.09. The topological polar surface area (TPSA) is 50.1 Å². The Morgan fingerprint density at radius 3 is 2.36 bits per heavy atom. The van der Waals surface area contributed by atoms with E-state index in [2.05, 4.69) is 19.1 Å². The van der Waals surface area contributed by atoms with E-state index in [-0.39, 0.29) is 5.75 Å².